The average Bonchev–Trinajstić information content (AvgIpc) is 2.51. The fourth-order valence-corrected chi connectivity index (χ4v) is 2.10. The van der Waals surface area contributed by atoms with Crippen molar-refractivity contribution in [3.63, 3.8) is 0 Å². The lowest BCUT2D eigenvalue weighted by atomic mass is 10.1. The first-order valence-electron chi connectivity index (χ1n) is 6.53. The van der Waals surface area contributed by atoms with Crippen LogP contribution in [0.2, 0.25) is 0 Å². The molecule has 4 nitrogen and oxygen atoms in total. The van der Waals surface area contributed by atoms with Gasteiger partial charge >= 0.3 is 0 Å². The molecule has 2 aromatic carbocycles. The minimum absolute atomic E-state index is 0.180. The second-order valence-corrected chi connectivity index (χ2v) is 5.38. The maximum Gasteiger partial charge on any atom is 0.259 e. The molecule has 0 spiro atoms. The third-order valence-electron chi connectivity index (χ3n) is 2.82. The largest absolute Gasteiger partial charge is 0.376 e. The molecule has 0 unspecified atom stereocenters. The van der Waals surface area contributed by atoms with Crippen LogP contribution in [0.3, 0.4) is 0 Å². The van der Waals surface area contributed by atoms with Crippen molar-refractivity contribution in [1.29, 1.82) is 0 Å². The fraction of sp³-hybridized carbons (Fsp3) is 0.125. The van der Waals surface area contributed by atoms with Crippen LogP contribution in [0.4, 0.5) is 5.69 Å². The summed E-state index contributed by atoms with van der Waals surface area (Å²) in [6.45, 7) is 2.03. The predicted octanol–water partition coefficient (Wildman–Crippen LogP) is 3.40. The smallest absolute Gasteiger partial charge is 0.259 e. The Kier molecular flexibility index (Phi) is 5.51. The average molecular weight is 346 g/mol. The first-order chi connectivity index (χ1) is 10.1. The third-order valence-corrected chi connectivity index (χ3v) is 3.31. The van der Waals surface area contributed by atoms with Gasteiger partial charge in [0.1, 0.15) is 0 Å². The van der Waals surface area contributed by atoms with Crippen LogP contribution in [0.25, 0.3) is 0 Å². The van der Waals surface area contributed by atoms with Crippen LogP contribution in [0, 0.1) is 0 Å². The molecule has 0 heterocycles. The van der Waals surface area contributed by atoms with Crippen LogP contribution in [0.1, 0.15) is 12.5 Å². The van der Waals surface area contributed by atoms with E-state index in [0.29, 0.717) is 0 Å². The van der Waals surface area contributed by atoms with Gasteiger partial charge in [0.25, 0.3) is 5.91 Å². The summed E-state index contributed by atoms with van der Waals surface area (Å²) in [5.74, 6) is -0.187. The van der Waals surface area contributed by atoms with E-state index in [-0.39, 0.29) is 12.5 Å². The SMILES string of the molecule is C/C(=N/NC(=O)CNc1ccccc1)c1cccc(Br)c1. The molecule has 0 aliphatic rings. The number of carbonyl (C=O) groups is 1. The molecule has 0 radical (unpaired) electrons. The zero-order chi connectivity index (χ0) is 15.1. The molecule has 0 aliphatic heterocycles. The fourth-order valence-electron chi connectivity index (χ4n) is 1.70. The number of nitrogens with one attached hydrogen (secondary N) is 2. The van der Waals surface area contributed by atoms with Gasteiger partial charge in [-0.25, -0.2) is 5.43 Å². The van der Waals surface area contributed by atoms with Gasteiger partial charge in [0.05, 0.1) is 12.3 Å². The Bertz CT molecular complexity index is 641. The monoisotopic (exact) mass is 345 g/mol. The van der Waals surface area contributed by atoms with E-state index >= 15 is 0 Å². The van der Waals surface area contributed by atoms with E-state index in [9.17, 15) is 4.79 Å². The Balaban J connectivity index is 1.87. The summed E-state index contributed by atoms with van der Waals surface area (Å²) in [7, 11) is 0. The van der Waals surface area contributed by atoms with Crippen LogP contribution in [-0.2, 0) is 4.79 Å². The lowest BCUT2D eigenvalue weighted by molar-refractivity contribution is -0.119. The summed E-state index contributed by atoms with van der Waals surface area (Å²) in [6.07, 6.45) is 0. The standard InChI is InChI=1S/C16H16BrN3O/c1-12(13-6-5-7-14(17)10-13)19-20-16(21)11-18-15-8-3-2-4-9-15/h2-10,18H,11H2,1H3,(H,20,21)/b19-12-. The minimum Gasteiger partial charge on any atom is -0.376 e. The summed E-state index contributed by atoms with van der Waals surface area (Å²) in [6, 6.07) is 17.3. The van der Waals surface area contributed by atoms with Crippen molar-refractivity contribution in [3.05, 3.63) is 64.6 Å². The molecule has 0 aromatic heterocycles. The van der Waals surface area contributed by atoms with Crippen LogP contribution in [-0.4, -0.2) is 18.2 Å². The highest BCUT2D eigenvalue weighted by atomic mass is 79.9. The quantitative estimate of drug-likeness (QED) is 0.644. The van der Waals surface area contributed by atoms with Gasteiger partial charge in [0, 0.05) is 10.2 Å². The second-order valence-electron chi connectivity index (χ2n) is 4.46. The van der Waals surface area contributed by atoms with E-state index in [1.807, 2.05) is 61.5 Å². The number of carbonyl (C=O) groups excluding carboxylic acids is 1. The van der Waals surface area contributed by atoms with Crippen molar-refractivity contribution in [2.24, 2.45) is 5.10 Å². The van der Waals surface area contributed by atoms with Gasteiger partial charge in [-0.15, -0.1) is 0 Å². The normalized spacial score (nSPS) is 11.0. The Hall–Kier alpha value is -2.14. The molecule has 108 valence electrons. The highest BCUT2D eigenvalue weighted by molar-refractivity contribution is 9.10. The molecule has 0 fully saturated rings. The summed E-state index contributed by atoms with van der Waals surface area (Å²) in [5.41, 5.74) is 5.16. The van der Waals surface area contributed by atoms with Crippen molar-refractivity contribution in [2.75, 3.05) is 11.9 Å². The van der Waals surface area contributed by atoms with E-state index in [0.717, 1.165) is 21.4 Å². The van der Waals surface area contributed by atoms with Crippen molar-refractivity contribution >= 4 is 33.2 Å². The first-order valence-corrected chi connectivity index (χ1v) is 7.32. The first kappa shape index (κ1) is 15.3. The number of para-hydroxylation sites is 1. The molecule has 0 bridgehead atoms. The number of hydrazone groups is 1. The number of nitrogens with zero attached hydrogens (tertiary/aromatic N) is 1. The van der Waals surface area contributed by atoms with E-state index < -0.39 is 0 Å². The summed E-state index contributed by atoms with van der Waals surface area (Å²) < 4.78 is 0.978. The molecule has 2 aromatic rings. The molecule has 0 saturated carbocycles. The van der Waals surface area contributed by atoms with Crippen molar-refractivity contribution < 1.29 is 4.79 Å². The number of rotatable bonds is 5. The molecule has 0 atom stereocenters. The van der Waals surface area contributed by atoms with Gasteiger partial charge in [-0.05, 0) is 36.8 Å². The number of halogens is 1. The van der Waals surface area contributed by atoms with Crippen molar-refractivity contribution in [2.45, 2.75) is 6.92 Å². The molecular formula is C16H16BrN3O. The molecule has 0 aliphatic carbocycles. The number of anilines is 1. The number of hydrogen-bond donors (Lipinski definition) is 2. The van der Waals surface area contributed by atoms with Gasteiger partial charge in [-0.1, -0.05) is 46.3 Å². The van der Waals surface area contributed by atoms with Gasteiger partial charge in [0.2, 0.25) is 0 Å². The molecule has 1 amide bonds. The highest BCUT2D eigenvalue weighted by Crippen LogP contribution is 2.12. The van der Waals surface area contributed by atoms with Crippen molar-refractivity contribution in [1.82, 2.24) is 5.43 Å². The lowest BCUT2D eigenvalue weighted by Crippen LogP contribution is -2.26. The Morgan fingerprint density at radius 3 is 2.62 bits per heavy atom. The maximum absolute atomic E-state index is 11.7. The van der Waals surface area contributed by atoms with Gasteiger partial charge in [-0.2, -0.15) is 5.10 Å². The number of amides is 1. The van der Waals surface area contributed by atoms with E-state index in [4.69, 9.17) is 0 Å². The van der Waals surface area contributed by atoms with Gasteiger partial charge < -0.3 is 5.32 Å². The van der Waals surface area contributed by atoms with E-state index in [2.05, 4.69) is 31.8 Å². The second kappa shape index (κ2) is 7.59. The number of hydrogen-bond acceptors (Lipinski definition) is 3. The topological polar surface area (TPSA) is 53.5 Å². The summed E-state index contributed by atoms with van der Waals surface area (Å²) >= 11 is 3.41. The number of benzene rings is 2. The van der Waals surface area contributed by atoms with E-state index in [1.165, 1.54) is 0 Å². The van der Waals surface area contributed by atoms with Gasteiger partial charge in [-0.3, -0.25) is 4.79 Å². The zero-order valence-corrected chi connectivity index (χ0v) is 13.2. The van der Waals surface area contributed by atoms with Crippen LogP contribution in [0.5, 0.6) is 0 Å². The summed E-state index contributed by atoms with van der Waals surface area (Å²) in [4.78, 5) is 11.7. The third kappa shape index (κ3) is 5.04. The Labute approximate surface area is 132 Å². The van der Waals surface area contributed by atoms with Crippen LogP contribution >= 0.6 is 15.9 Å². The predicted molar refractivity (Wildman–Crippen MR) is 89.4 cm³/mol. The van der Waals surface area contributed by atoms with Crippen LogP contribution < -0.4 is 10.7 Å². The Morgan fingerprint density at radius 1 is 1.14 bits per heavy atom. The molecule has 21 heavy (non-hydrogen) atoms. The minimum atomic E-state index is -0.187. The molecule has 0 saturated heterocycles. The van der Waals surface area contributed by atoms with Crippen LogP contribution in [0.15, 0.2) is 64.2 Å². The molecule has 2 N–H and O–H groups in total. The van der Waals surface area contributed by atoms with Gasteiger partial charge in [0.15, 0.2) is 0 Å². The molecule has 2 rings (SSSR count). The van der Waals surface area contributed by atoms with Crippen molar-refractivity contribution in [3.8, 4) is 0 Å². The maximum atomic E-state index is 11.7. The lowest BCUT2D eigenvalue weighted by Gasteiger charge is -2.06. The Morgan fingerprint density at radius 2 is 1.90 bits per heavy atom. The highest BCUT2D eigenvalue weighted by Gasteiger charge is 2.01. The van der Waals surface area contributed by atoms with E-state index in [1.54, 1.807) is 0 Å². The molecule has 5 heteroatoms. The molecular weight excluding hydrogens is 330 g/mol. The summed E-state index contributed by atoms with van der Waals surface area (Å²) in [5, 5.41) is 7.13. The zero-order valence-electron chi connectivity index (χ0n) is 11.6.